The number of aromatic nitrogens is 2. The molecule has 0 N–H and O–H groups in total. The van der Waals surface area contributed by atoms with Crippen molar-refractivity contribution in [2.24, 2.45) is 14.1 Å². The Bertz CT molecular complexity index is 1110. The highest BCUT2D eigenvalue weighted by molar-refractivity contribution is 7.89. The van der Waals surface area contributed by atoms with Crippen molar-refractivity contribution in [1.29, 1.82) is 0 Å². The third-order valence-electron chi connectivity index (χ3n) is 4.42. The van der Waals surface area contributed by atoms with E-state index in [9.17, 15) is 13.2 Å². The zero-order valence-corrected chi connectivity index (χ0v) is 15.6. The van der Waals surface area contributed by atoms with Gasteiger partial charge in [0.25, 0.3) is 0 Å². The normalized spacial score (nSPS) is 12.0. The van der Waals surface area contributed by atoms with Crippen molar-refractivity contribution in [1.82, 2.24) is 13.4 Å². The lowest BCUT2D eigenvalue weighted by Gasteiger charge is -2.21. The van der Waals surface area contributed by atoms with Gasteiger partial charge in [-0.15, -0.1) is 6.58 Å². The van der Waals surface area contributed by atoms with E-state index in [-0.39, 0.29) is 23.7 Å². The first-order chi connectivity index (χ1) is 12.4. The van der Waals surface area contributed by atoms with Gasteiger partial charge in [0.15, 0.2) is 0 Å². The van der Waals surface area contributed by atoms with Gasteiger partial charge in [0, 0.05) is 27.2 Å². The highest BCUT2D eigenvalue weighted by Gasteiger charge is 2.25. The van der Waals surface area contributed by atoms with Gasteiger partial charge in [-0.25, -0.2) is 13.2 Å². The molecule has 0 aliphatic carbocycles. The number of imidazole rings is 1. The number of nitrogens with zero attached hydrogens (tertiary/aromatic N) is 3. The second-order valence-electron chi connectivity index (χ2n) is 6.12. The second kappa shape index (κ2) is 6.93. The van der Waals surface area contributed by atoms with E-state index >= 15 is 0 Å². The fraction of sp³-hybridized carbons (Fsp3) is 0.211. The van der Waals surface area contributed by atoms with E-state index in [2.05, 4.69) is 6.58 Å². The first-order valence-corrected chi connectivity index (χ1v) is 9.60. The van der Waals surface area contributed by atoms with Gasteiger partial charge in [-0.2, -0.15) is 4.31 Å². The Kier molecular flexibility index (Phi) is 4.84. The molecule has 6 nitrogen and oxygen atoms in total. The molecule has 26 heavy (non-hydrogen) atoms. The minimum atomic E-state index is -3.74. The van der Waals surface area contributed by atoms with E-state index in [1.165, 1.54) is 19.5 Å². The Morgan fingerprint density at radius 2 is 1.69 bits per heavy atom. The molecule has 1 aromatic heterocycles. The summed E-state index contributed by atoms with van der Waals surface area (Å²) in [5.74, 6) is 0. The van der Waals surface area contributed by atoms with Gasteiger partial charge in [-0.05, 0) is 23.8 Å². The van der Waals surface area contributed by atoms with E-state index in [1.807, 2.05) is 30.3 Å². The molecule has 0 atom stereocenters. The van der Waals surface area contributed by atoms with Gasteiger partial charge in [0.1, 0.15) is 0 Å². The lowest BCUT2D eigenvalue weighted by Crippen LogP contribution is -2.30. The lowest BCUT2D eigenvalue weighted by molar-refractivity contribution is 0.438. The maximum atomic E-state index is 13.2. The van der Waals surface area contributed by atoms with Crippen molar-refractivity contribution >= 4 is 21.1 Å². The third-order valence-corrected chi connectivity index (χ3v) is 6.22. The van der Waals surface area contributed by atoms with E-state index in [4.69, 9.17) is 0 Å². The minimum absolute atomic E-state index is 0.156. The largest absolute Gasteiger partial charge is 0.328 e. The molecule has 0 aliphatic heterocycles. The molecule has 0 radical (unpaired) electrons. The van der Waals surface area contributed by atoms with Crippen molar-refractivity contribution in [3.63, 3.8) is 0 Å². The van der Waals surface area contributed by atoms with E-state index in [0.29, 0.717) is 11.0 Å². The fourth-order valence-electron chi connectivity index (χ4n) is 2.97. The van der Waals surface area contributed by atoms with Crippen LogP contribution >= 0.6 is 0 Å². The van der Waals surface area contributed by atoms with Gasteiger partial charge >= 0.3 is 5.69 Å². The van der Waals surface area contributed by atoms with Gasteiger partial charge < -0.3 is 0 Å². The number of sulfonamides is 1. The van der Waals surface area contributed by atoms with Crippen molar-refractivity contribution < 1.29 is 8.42 Å². The quantitative estimate of drug-likeness (QED) is 0.625. The van der Waals surface area contributed by atoms with Crippen molar-refractivity contribution in [2.45, 2.75) is 11.4 Å². The SMILES string of the molecule is C=CCN(Cc1ccccc1)S(=O)(=O)c1ccc2c(c1)n(C)c(=O)n2C. The van der Waals surface area contributed by atoms with Crippen LogP contribution in [0.25, 0.3) is 11.0 Å². The number of fused-ring (bicyclic) bond motifs is 1. The summed E-state index contributed by atoms with van der Waals surface area (Å²) in [4.78, 5) is 12.2. The molecule has 0 bridgehead atoms. The zero-order valence-electron chi connectivity index (χ0n) is 14.8. The Hall–Kier alpha value is -2.64. The maximum absolute atomic E-state index is 13.2. The molecule has 0 unspecified atom stereocenters. The molecule has 2 aromatic carbocycles. The average Bonchev–Trinajstić information content (AvgIpc) is 2.86. The smallest absolute Gasteiger partial charge is 0.295 e. The molecule has 3 rings (SSSR count). The maximum Gasteiger partial charge on any atom is 0.328 e. The molecular weight excluding hydrogens is 350 g/mol. The van der Waals surface area contributed by atoms with Gasteiger partial charge in [0.05, 0.1) is 15.9 Å². The van der Waals surface area contributed by atoms with Crippen molar-refractivity contribution in [2.75, 3.05) is 6.54 Å². The first-order valence-electron chi connectivity index (χ1n) is 8.16. The van der Waals surface area contributed by atoms with Crippen LogP contribution in [0, 0.1) is 0 Å². The van der Waals surface area contributed by atoms with Crippen LogP contribution in [-0.2, 0) is 30.7 Å². The molecule has 0 amide bonds. The van der Waals surface area contributed by atoms with Crippen LogP contribution in [0.5, 0.6) is 0 Å². The number of rotatable bonds is 6. The highest BCUT2D eigenvalue weighted by Crippen LogP contribution is 2.22. The van der Waals surface area contributed by atoms with E-state index < -0.39 is 10.0 Å². The summed E-state index contributed by atoms with van der Waals surface area (Å²) in [5.41, 5.74) is 1.97. The standard InChI is InChI=1S/C19H21N3O3S/c1-4-12-22(14-15-8-6-5-7-9-15)26(24,25)16-10-11-17-18(13-16)21(3)19(23)20(17)2/h4-11,13H,1,12,14H2,2-3H3. The van der Waals surface area contributed by atoms with Crippen LogP contribution in [0.1, 0.15) is 5.56 Å². The van der Waals surface area contributed by atoms with Gasteiger partial charge in [-0.1, -0.05) is 36.4 Å². The molecule has 3 aromatic rings. The summed E-state index contributed by atoms with van der Waals surface area (Å²) in [6, 6.07) is 14.2. The molecule has 0 aliphatic rings. The van der Waals surface area contributed by atoms with Crippen LogP contribution < -0.4 is 5.69 Å². The number of hydrogen-bond acceptors (Lipinski definition) is 3. The van der Waals surface area contributed by atoms with E-state index in [0.717, 1.165) is 5.56 Å². The molecule has 136 valence electrons. The minimum Gasteiger partial charge on any atom is -0.295 e. The van der Waals surface area contributed by atoms with Crippen molar-refractivity contribution in [3.8, 4) is 0 Å². The predicted molar refractivity (Wildman–Crippen MR) is 102 cm³/mol. The zero-order chi connectivity index (χ0) is 18.9. The Morgan fingerprint density at radius 1 is 1.04 bits per heavy atom. The Morgan fingerprint density at radius 3 is 2.35 bits per heavy atom. The molecule has 0 saturated carbocycles. The molecule has 0 fully saturated rings. The lowest BCUT2D eigenvalue weighted by atomic mass is 10.2. The van der Waals surface area contributed by atoms with Crippen LogP contribution in [-0.4, -0.2) is 28.4 Å². The summed E-state index contributed by atoms with van der Waals surface area (Å²) in [6.07, 6.45) is 1.57. The molecule has 1 heterocycles. The van der Waals surface area contributed by atoms with Gasteiger partial charge in [-0.3, -0.25) is 9.13 Å². The second-order valence-corrected chi connectivity index (χ2v) is 8.06. The van der Waals surface area contributed by atoms with Gasteiger partial charge in [0.2, 0.25) is 10.0 Å². The van der Waals surface area contributed by atoms with Crippen LogP contribution in [0.3, 0.4) is 0 Å². The number of benzene rings is 2. The molecule has 7 heteroatoms. The number of aryl methyl sites for hydroxylation is 2. The monoisotopic (exact) mass is 371 g/mol. The molecule has 0 spiro atoms. The summed E-state index contributed by atoms with van der Waals surface area (Å²) in [6.45, 7) is 4.12. The summed E-state index contributed by atoms with van der Waals surface area (Å²) >= 11 is 0. The Labute approximate surface area is 152 Å². The molecular formula is C19H21N3O3S. The number of hydrogen-bond donors (Lipinski definition) is 0. The molecule has 0 saturated heterocycles. The predicted octanol–water partition coefficient (Wildman–Crippen LogP) is 2.25. The van der Waals surface area contributed by atoms with Crippen LogP contribution in [0.15, 0.2) is 70.9 Å². The summed E-state index contributed by atoms with van der Waals surface area (Å²) in [5, 5.41) is 0. The van der Waals surface area contributed by atoms with Crippen LogP contribution in [0.4, 0.5) is 0 Å². The fourth-order valence-corrected chi connectivity index (χ4v) is 4.39. The van der Waals surface area contributed by atoms with Crippen LogP contribution in [0.2, 0.25) is 0 Å². The van der Waals surface area contributed by atoms with E-state index in [1.54, 1.807) is 32.3 Å². The topological polar surface area (TPSA) is 64.3 Å². The van der Waals surface area contributed by atoms with Crippen molar-refractivity contribution in [3.05, 3.63) is 77.2 Å². The first kappa shape index (κ1) is 18.2. The summed E-state index contributed by atoms with van der Waals surface area (Å²) < 4.78 is 30.6. The third kappa shape index (κ3) is 3.11. The summed E-state index contributed by atoms with van der Waals surface area (Å²) in [7, 11) is -0.439. The Balaban J connectivity index is 2.07. The highest BCUT2D eigenvalue weighted by atomic mass is 32.2. The average molecular weight is 371 g/mol.